The highest BCUT2D eigenvalue weighted by atomic mass is 35.5. The van der Waals surface area contributed by atoms with Gasteiger partial charge in [-0.05, 0) is 55.6 Å². The molecule has 0 bridgehead atoms. The molecule has 2 atom stereocenters. The summed E-state index contributed by atoms with van der Waals surface area (Å²) in [5.41, 5.74) is 1.36. The van der Waals surface area contributed by atoms with E-state index < -0.39 is 6.04 Å². The van der Waals surface area contributed by atoms with Gasteiger partial charge in [-0.3, -0.25) is 14.5 Å². The van der Waals surface area contributed by atoms with Gasteiger partial charge >= 0.3 is 0 Å². The lowest BCUT2D eigenvalue weighted by Crippen LogP contribution is -2.51. The first kappa shape index (κ1) is 23.6. The third kappa shape index (κ3) is 6.00. The first-order chi connectivity index (χ1) is 14.9. The minimum Gasteiger partial charge on any atom is -0.352 e. The van der Waals surface area contributed by atoms with Crippen LogP contribution in [0.25, 0.3) is 0 Å². The van der Waals surface area contributed by atoms with E-state index in [4.69, 9.17) is 23.2 Å². The molecule has 2 aromatic rings. The molecule has 0 radical (unpaired) electrons. The molecule has 2 amide bonds. The first-order valence-electron chi connectivity index (χ1n) is 10.7. The molecule has 0 spiro atoms. The molecule has 2 N–H and O–H groups in total. The van der Waals surface area contributed by atoms with Crippen LogP contribution in [0.4, 0.5) is 0 Å². The van der Waals surface area contributed by atoms with Crippen molar-refractivity contribution in [1.29, 1.82) is 0 Å². The quantitative estimate of drug-likeness (QED) is 0.598. The van der Waals surface area contributed by atoms with Gasteiger partial charge in [-0.2, -0.15) is 0 Å². The van der Waals surface area contributed by atoms with Crippen molar-refractivity contribution >= 4 is 35.0 Å². The Hall–Kier alpha value is -2.08. The van der Waals surface area contributed by atoms with Crippen molar-refractivity contribution in [3.05, 3.63) is 69.7 Å². The van der Waals surface area contributed by atoms with Gasteiger partial charge in [-0.1, -0.05) is 67.4 Å². The Labute approximate surface area is 194 Å². The molecule has 5 nitrogen and oxygen atoms in total. The van der Waals surface area contributed by atoms with Gasteiger partial charge in [0.05, 0.1) is 16.6 Å². The number of benzene rings is 2. The van der Waals surface area contributed by atoms with Gasteiger partial charge in [0.1, 0.15) is 6.04 Å². The zero-order valence-corrected chi connectivity index (χ0v) is 19.4. The van der Waals surface area contributed by atoms with Crippen molar-refractivity contribution in [3.8, 4) is 0 Å². The Morgan fingerprint density at radius 2 is 1.58 bits per heavy atom. The summed E-state index contributed by atoms with van der Waals surface area (Å²) < 4.78 is 0. The average Bonchev–Trinajstić information content (AvgIpc) is 3.27. The van der Waals surface area contributed by atoms with Gasteiger partial charge in [-0.25, -0.2) is 0 Å². The molecule has 0 saturated carbocycles. The number of likely N-dealkylation sites (tertiary alicyclic amines) is 1. The highest BCUT2D eigenvalue weighted by Gasteiger charge is 2.29. The monoisotopic (exact) mass is 461 g/mol. The fourth-order valence-corrected chi connectivity index (χ4v) is 4.42. The van der Waals surface area contributed by atoms with Gasteiger partial charge < -0.3 is 10.6 Å². The molecular formula is C24H29Cl2N3O2. The topological polar surface area (TPSA) is 61.4 Å². The summed E-state index contributed by atoms with van der Waals surface area (Å²) in [6, 6.07) is 13.9. The molecule has 2 aromatic carbocycles. The number of nitrogens with zero attached hydrogens (tertiary/aromatic N) is 1. The van der Waals surface area contributed by atoms with Crippen LogP contribution in [0.2, 0.25) is 10.0 Å². The van der Waals surface area contributed by atoms with E-state index in [1.807, 2.05) is 38.1 Å². The molecule has 1 fully saturated rings. The summed E-state index contributed by atoms with van der Waals surface area (Å²) in [5.74, 6) is -0.662. The van der Waals surface area contributed by atoms with Crippen LogP contribution in [-0.2, 0) is 4.79 Å². The van der Waals surface area contributed by atoms with Crippen LogP contribution in [0.5, 0.6) is 0 Å². The van der Waals surface area contributed by atoms with E-state index in [1.165, 1.54) is 0 Å². The van der Waals surface area contributed by atoms with Crippen molar-refractivity contribution < 1.29 is 9.59 Å². The smallest absolute Gasteiger partial charge is 0.253 e. The number of nitrogens with one attached hydrogen (secondary N) is 2. The highest BCUT2D eigenvalue weighted by molar-refractivity contribution is 6.33. The van der Waals surface area contributed by atoms with E-state index >= 15 is 0 Å². The second-order valence-corrected chi connectivity index (χ2v) is 9.01. The largest absolute Gasteiger partial charge is 0.352 e. The molecule has 1 aliphatic heterocycles. The molecule has 3 rings (SSSR count). The van der Waals surface area contributed by atoms with E-state index in [0.29, 0.717) is 22.2 Å². The molecule has 166 valence electrons. The number of hydrogen-bond donors (Lipinski definition) is 2. The minimum absolute atomic E-state index is 0.00719. The van der Waals surface area contributed by atoms with Gasteiger partial charge in [0.15, 0.2) is 0 Å². The van der Waals surface area contributed by atoms with E-state index in [-0.39, 0.29) is 23.8 Å². The minimum atomic E-state index is -0.672. The lowest BCUT2D eigenvalue weighted by atomic mass is 10.0. The van der Waals surface area contributed by atoms with Crippen LogP contribution >= 0.6 is 23.2 Å². The normalized spacial score (nSPS) is 16.2. The zero-order valence-electron chi connectivity index (χ0n) is 17.9. The maximum Gasteiger partial charge on any atom is 0.253 e. The van der Waals surface area contributed by atoms with Gasteiger partial charge in [-0.15, -0.1) is 0 Å². The SMILES string of the molecule is CC(C)C(NC(=O)c1ccccc1Cl)C(=O)NCC(c1ccccc1Cl)N1CCCC1. The number of rotatable bonds is 8. The lowest BCUT2D eigenvalue weighted by Gasteiger charge is -2.30. The maximum atomic E-state index is 13.1. The molecule has 2 unspecified atom stereocenters. The van der Waals surface area contributed by atoms with Crippen LogP contribution in [0.15, 0.2) is 48.5 Å². The molecule has 0 aromatic heterocycles. The average molecular weight is 462 g/mol. The second kappa shape index (κ2) is 11.0. The van der Waals surface area contributed by atoms with Gasteiger partial charge in [0, 0.05) is 11.6 Å². The molecule has 7 heteroatoms. The van der Waals surface area contributed by atoms with Crippen molar-refractivity contribution in [3.63, 3.8) is 0 Å². The molecule has 1 heterocycles. The maximum absolute atomic E-state index is 13.1. The van der Waals surface area contributed by atoms with Crippen LogP contribution in [0, 0.1) is 5.92 Å². The predicted octanol–water partition coefficient (Wildman–Crippen LogP) is 4.70. The first-order valence-corrected chi connectivity index (χ1v) is 11.5. The second-order valence-electron chi connectivity index (χ2n) is 8.20. The number of carbonyl (C=O) groups excluding carboxylic acids is 2. The predicted molar refractivity (Wildman–Crippen MR) is 126 cm³/mol. The number of carbonyl (C=O) groups is 2. The van der Waals surface area contributed by atoms with Crippen LogP contribution in [-0.4, -0.2) is 42.4 Å². The Morgan fingerprint density at radius 3 is 2.19 bits per heavy atom. The fourth-order valence-electron chi connectivity index (χ4n) is 3.94. The standard InChI is InChI=1S/C24H29Cl2N3O2/c1-16(2)22(28-23(30)18-10-4-6-12-20(18)26)24(31)27-15-21(29-13-7-8-14-29)17-9-3-5-11-19(17)25/h3-6,9-12,16,21-22H,7-8,13-15H2,1-2H3,(H,27,31)(H,28,30). The highest BCUT2D eigenvalue weighted by Crippen LogP contribution is 2.29. The van der Waals surface area contributed by atoms with E-state index in [2.05, 4.69) is 15.5 Å². The van der Waals surface area contributed by atoms with E-state index in [0.717, 1.165) is 31.5 Å². The van der Waals surface area contributed by atoms with Gasteiger partial charge in [0.2, 0.25) is 5.91 Å². The summed E-state index contributed by atoms with van der Waals surface area (Å²) in [4.78, 5) is 28.1. The van der Waals surface area contributed by atoms with Crippen molar-refractivity contribution in [2.75, 3.05) is 19.6 Å². The van der Waals surface area contributed by atoms with Gasteiger partial charge in [0.25, 0.3) is 5.91 Å². The Bertz CT molecular complexity index is 913. The molecule has 31 heavy (non-hydrogen) atoms. The summed E-state index contributed by atoms with van der Waals surface area (Å²) in [6.07, 6.45) is 2.27. The zero-order chi connectivity index (χ0) is 22.4. The third-order valence-electron chi connectivity index (χ3n) is 5.67. The van der Waals surface area contributed by atoms with Crippen molar-refractivity contribution in [2.45, 2.75) is 38.8 Å². The third-order valence-corrected chi connectivity index (χ3v) is 6.34. The summed E-state index contributed by atoms with van der Waals surface area (Å²) in [5, 5.41) is 6.95. The van der Waals surface area contributed by atoms with Crippen molar-refractivity contribution in [2.24, 2.45) is 5.92 Å². The Morgan fingerprint density at radius 1 is 0.968 bits per heavy atom. The van der Waals surface area contributed by atoms with E-state index in [9.17, 15) is 9.59 Å². The van der Waals surface area contributed by atoms with Crippen molar-refractivity contribution in [1.82, 2.24) is 15.5 Å². The van der Waals surface area contributed by atoms with Crippen LogP contribution in [0.3, 0.4) is 0 Å². The number of amides is 2. The van der Waals surface area contributed by atoms with Crippen LogP contribution in [0.1, 0.15) is 48.7 Å². The van der Waals surface area contributed by atoms with Crippen LogP contribution < -0.4 is 10.6 Å². The molecule has 0 aliphatic carbocycles. The Balaban J connectivity index is 1.71. The Kier molecular flexibility index (Phi) is 8.35. The molecule has 1 saturated heterocycles. The summed E-state index contributed by atoms with van der Waals surface area (Å²) >= 11 is 12.6. The molecule has 1 aliphatic rings. The summed E-state index contributed by atoms with van der Waals surface area (Å²) in [7, 11) is 0. The lowest BCUT2D eigenvalue weighted by molar-refractivity contribution is -0.124. The number of halogens is 2. The fraction of sp³-hybridized carbons (Fsp3) is 0.417. The summed E-state index contributed by atoms with van der Waals surface area (Å²) in [6.45, 7) is 6.19. The number of hydrogen-bond acceptors (Lipinski definition) is 3. The molecular weight excluding hydrogens is 433 g/mol. The van der Waals surface area contributed by atoms with E-state index in [1.54, 1.807) is 24.3 Å².